The van der Waals surface area contributed by atoms with Gasteiger partial charge in [-0.1, -0.05) is 35.9 Å². The predicted molar refractivity (Wildman–Crippen MR) is 242 cm³/mol. The maximum Gasteiger partial charge on any atom is 0.274 e. The molecular weight excluding hydrogens is 894 g/mol. The molecule has 342 valence electrons. The summed E-state index contributed by atoms with van der Waals surface area (Å²) in [4.78, 5) is 54.0. The van der Waals surface area contributed by atoms with Crippen molar-refractivity contribution >= 4 is 65.8 Å². The summed E-state index contributed by atoms with van der Waals surface area (Å²) < 4.78 is 16.1. The van der Waals surface area contributed by atoms with Crippen molar-refractivity contribution in [3.8, 4) is 11.5 Å². The van der Waals surface area contributed by atoms with Crippen LogP contribution < -0.4 is 49.3 Å². The number of nitrogens with zero attached hydrogens (tertiary/aromatic N) is 7. The van der Waals surface area contributed by atoms with Gasteiger partial charge in [-0.15, -0.1) is 24.8 Å². The van der Waals surface area contributed by atoms with E-state index in [-0.39, 0.29) is 90.8 Å². The van der Waals surface area contributed by atoms with Crippen LogP contribution in [0.2, 0.25) is 5.15 Å². The number of rotatable bonds is 22. The second-order valence-corrected chi connectivity index (χ2v) is 15.4. The minimum atomic E-state index is -0.421. The largest absolute Gasteiger partial charge is 1.00 e. The van der Waals surface area contributed by atoms with Gasteiger partial charge in [-0.2, -0.15) is 0 Å². The molecule has 5 aromatic rings. The number of amides is 3. The zero-order valence-corrected chi connectivity index (χ0v) is 38.0. The highest BCUT2D eigenvalue weighted by Gasteiger charge is 2.35. The molecule has 1 atom stereocenters. The molecule has 0 saturated carbocycles. The molecule has 1 aliphatic rings. The monoisotopic (exact) mass is 948 g/mol. The zero-order chi connectivity index (χ0) is 42.2. The fourth-order valence-corrected chi connectivity index (χ4v) is 7.58. The summed E-state index contributed by atoms with van der Waals surface area (Å²) in [7, 11) is 0. The Morgan fingerprint density at radius 2 is 1.27 bits per heavy atom. The maximum absolute atomic E-state index is 13.3. The summed E-state index contributed by atoms with van der Waals surface area (Å²) in [5.74, 6) is 0.403. The summed E-state index contributed by atoms with van der Waals surface area (Å²) in [6, 6.07) is 15.7. The molecule has 0 spiro atoms. The molecule has 0 unspecified atom stereocenters. The number of benzene rings is 2. The van der Waals surface area contributed by atoms with E-state index in [0.29, 0.717) is 37.7 Å². The molecule has 6 rings (SSSR count). The number of quaternary nitrogens is 1. The smallest absolute Gasteiger partial charge is 0.274 e. The molecule has 0 aliphatic carbocycles. The number of anilines is 2. The summed E-state index contributed by atoms with van der Waals surface area (Å²) in [6.45, 7) is 5.76. The Hall–Kier alpha value is -5.33. The molecule has 2 aromatic carbocycles. The first-order valence-electron chi connectivity index (χ1n) is 20.3. The number of hydrogen-bond donors (Lipinski definition) is 5. The Morgan fingerprint density at radius 3 is 1.75 bits per heavy atom. The number of piperidine rings is 1. The maximum atomic E-state index is 13.3. The van der Waals surface area contributed by atoms with Gasteiger partial charge in [-0.05, 0) is 61.1 Å². The molecule has 4 heterocycles. The number of aromatic nitrogens is 6. The van der Waals surface area contributed by atoms with Crippen LogP contribution in [0.3, 0.4) is 0 Å². The molecule has 17 nitrogen and oxygen atoms in total. The standard InChI is InChI=1S/C42H53ClN12O5.3ClH/c43-39-41(45)52-40(44)38(51-39)42(58)50-33-6-3-25-55(26-33,23-1-4-31-7-11-34(12-8-31)59-27-36(56)48-17-21-53-19-15-46-29-53)24-2-5-32-9-13-35(14-10-32)60-28-37(57)49-18-22-54-20-16-47-30-54;;;/h7-16,19-20,29-30,33H,1-6,17-18,21-28H2,(H6-,44,45,48,49,50,52,56,57,58);3*1H/t33-;;;/m0.../s1. The van der Waals surface area contributed by atoms with Gasteiger partial charge in [-0.3, -0.25) is 14.4 Å². The van der Waals surface area contributed by atoms with Crippen LogP contribution in [0.1, 0.15) is 47.3 Å². The lowest BCUT2D eigenvalue weighted by atomic mass is 9.99. The number of nitrogen functional groups attached to an aromatic ring is 2. The Balaban J connectivity index is 0.00000352. The number of nitrogens with two attached hydrogens (primary N) is 2. The van der Waals surface area contributed by atoms with E-state index in [4.69, 9.17) is 32.5 Å². The number of likely N-dealkylation sites (tertiary alicyclic amines) is 1. The van der Waals surface area contributed by atoms with Crippen LogP contribution in [0.5, 0.6) is 11.5 Å². The van der Waals surface area contributed by atoms with Crippen molar-refractivity contribution < 1.29 is 40.7 Å². The molecule has 3 aromatic heterocycles. The lowest BCUT2D eigenvalue weighted by Crippen LogP contribution is -3.00. The van der Waals surface area contributed by atoms with Crippen LogP contribution in [0.25, 0.3) is 0 Å². The highest BCUT2D eigenvalue weighted by Crippen LogP contribution is 2.25. The molecule has 63 heavy (non-hydrogen) atoms. The van der Waals surface area contributed by atoms with E-state index in [9.17, 15) is 14.4 Å². The quantitative estimate of drug-likeness (QED) is 0.0615. The first-order chi connectivity index (χ1) is 29.1. The van der Waals surface area contributed by atoms with Gasteiger partial charge in [0.15, 0.2) is 35.7 Å². The van der Waals surface area contributed by atoms with Gasteiger partial charge in [0.05, 0.1) is 44.9 Å². The molecular formula is C42H56Cl4N12O5. The Morgan fingerprint density at radius 1 is 0.762 bits per heavy atom. The van der Waals surface area contributed by atoms with Gasteiger partial charge in [0.1, 0.15) is 11.5 Å². The lowest BCUT2D eigenvalue weighted by molar-refractivity contribution is -0.933. The van der Waals surface area contributed by atoms with E-state index in [1.165, 1.54) is 11.1 Å². The van der Waals surface area contributed by atoms with E-state index in [1.54, 1.807) is 25.0 Å². The average molecular weight is 951 g/mol. The van der Waals surface area contributed by atoms with Crippen LogP contribution in [0.4, 0.5) is 11.6 Å². The van der Waals surface area contributed by atoms with E-state index in [2.05, 4.69) is 35.9 Å². The highest BCUT2D eigenvalue weighted by molar-refractivity contribution is 6.31. The summed E-state index contributed by atoms with van der Waals surface area (Å²) in [5, 5.41) is 8.81. The van der Waals surface area contributed by atoms with Crippen molar-refractivity contribution in [3.63, 3.8) is 0 Å². The van der Waals surface area contributed by atoms with Gasteiger partial charge in [0.2, 0.25) is 0 Å². The third-order valence-corrected chi connectivity index (χ3v) is 10.8. The first-order valence-corrected chi connectivity index (χ1v) is 20.6. The SMILES string of the molecule is Cl.Cl.Nc1nc(N)c(C(=O)N[C@H]2CCC[N+](CCCc3ccc(OCC(=O)NCCn4ccnc4)cc3)(CCCc3ccc(OCC(=O)NCCn4ccnc4)cc3)C2)nc1Cl.[Cl-]. The number of carbonyl (C=O) groups is 3. The first kappa shape index (κ1) is 52.0. The number of nitrogens with one attached hydrogen (secondary N) is 3. The van der Waals surface area contributed by atoms with Gasteiger partial charge < -0.3 is 62.9 Å². The Bertz CT molecular complexity index is 2020. The summed E-state index contributed by atoms with van der Waals surface area (Å²) >= 11 is 6.08. The summed E-state index contributed by atoms with van der Waals surface area (Å²) in [5.41, 5.74) is 14.1. The molecule has 1 fully saturated rings. The second kappa shape index (κ2) is 26.3. The fraction of sp³-hybridized carbons (Fsp3) is 0.405. The van der Waals surface area contributed by atoms with E-state index in [0.717, 1.165) is 69.2 Å². The van der Waals surface area contributed by atoms with Gasteiger partial charge in [0, 0.05) is 63.8 Å². The second-order valence-electron chi connectivity index (χ2n) is 15.0. The number of imidazole rings is 2. The average Bonchev–Trinajstić information content (AvgIpc) is 3.97. The van der Waals surface area contributed by atoms with Crippen molar-refractivity contribution in [2.45, 2.75) is 57.7 Å². The van der Waals surface area contributed by atoms with Crippen molar-refractivity contribution in [2.24, 2.45) is 0 Å². The Labute approximate surface area is 390 Å². The number of halogens is 4. The van der Waals surface area contributed by atoms with E-state index in [1.807, 2.05) is 70.1 Å². The van der Waals surface area contributed by atoms with Crippen molar-refractivity contribution in [1.82, 2.24) is 45.0 Å². The number of aryl methyl sites for hydroxylation is 2. The van der Waals surface area contributed by atoms with Crippen molar-refractivity contribution in [1.29, 1.82) is 0 Å². The predicted octanol–water partition coefficient (Wildman–Crippen LogP) is 0.900. The number of carbonyl (C=O) groups excluding carboxylic acids is 3. The third kappa shape index (κ3) is 16.7. The normalized spacial score (nSPS) is 13.9. The minimum Gasteiger partial charge on any atom is -1.00 e. The lowest BCUT2D eigenvalue weighted by Gasteiger charge is -2.45. The topological polar surface area (TPSA) is 219 Å². The molecule has 21 heteroatoms. The number of ether oxygens (including phenoxy) is 2. The molecule has 7 N–H and O–H groups in total. The minimum absolute atomic E-state index is 0. The van der Waals surface area contributed by atoms with Crippen molar-refractivity contribution in [2.75, 3.05) is 63.9 Å². The molecule has 3 amide bonds. The fourth-order valence-electron chi connectivity index (χ4n) is 7.45. The van der Waals surface area contributed by atoms with E-state index < -0.39 is 5.91 Å². The number of hydrogen-bond acceptors (Lipinski definition) is 11. The molecule has 1 saturated heterocycles. The molecule has 1 aliphatic heterocycles. The van der Waals surface area contributed by atoms with Gasteiger partial charge >= 0.3 is 0 Å². The van der Waals surface area contributed by atoms with Crippen LogP contribution in [-0.4, -0.2) is 110 Å². The molecule has 0 radical (unpaired) electrons. The third-order valence-electron chi connectivity index (χ3n) is 10.5. The van der Waals surface area contributed by atoms with Crippen LogP contribution >= 0.6 is 36.4 Å². The van der Waals surface area contributed by atoms with Gasteiger partial charge in [-0.25, -0.2) is 19.9 Å². The van der Waals surface area contributed by atoms with E-state index >= 15 is 0 Å². The molecule has 0 bridgehead atoms. The summed E-state index contributed by atoms with van der Waals surface area (Å²) in [6.07, 6.45) is 15.9. The van der Waals surface area contributed by atoms with Crippen LogP contribution in [0.15, 0.2) is 86.0 Å². The van der Waals surface area contributed by atoms with Crippen molar-refractivity contribution in [3.05, 3.63) is 108 Å². The van der Waals surface area contributed by atoms with Crippen LogP contribution in [-0.2, 0) is 35.5 Å². The Kier molecular flexibility index (Phi) is 21.7. The van der Waals surface area contributed by atoms with Gasteiger partial charge in [0.25, 0.3) is 17.7 Å². The zero-order valence-electron chi connectivity index (χ0n) is 34.9. The highest BCUT2D eigenvalue weighted by atomic mass is 35.5. The van der Waals surface area contributed by atoms with Crippen LogP contribution in [0, 0.1) is 0 Å².